The van der Waals surface area contributed by atoms with Crippen LogP contribution in [0, 0.1) is 6.33 Å². The highest BCUT2D eigenvalue weighted by molar-refractivity contribution is 5.77. The Labute approximate surface area is 134 Å². The first-order valence-electron chi connectivity index (χ1n) is 7.71. The summed E-state index contributed by atoms with van der Waals surface area (Å²) in [5, 5.41) is 3.37. The van der Waals surface area contributed by atoms with Crippen LogP contribution in [-0.4, -0.2) is 46.1 Å². The van der Waals surface area contributed by atoms with E-state index in [-0.39, 0.29) is 0 Å². The van der Waals surface area contributed by atoms with Crippen molar-refractivity contribution in [2.24, 2.45) is 0 Å². The Hall–Kier alpha value is -2.73. The van der Waals surface area contributed by atoms with Gasteiger partial charge in [0.1, 0.15) is 5.82 Å². The van der Waals surface area contributed by atoms with Gasteiger partial charge in [-0.3, -0.25) is 0 Å². The molecule has 3 aromatic rings. The number of nitrogens with one attached hydrogen (secondary N) is 2. The van der Waals surface area contributed by atoms with E-state index in [0.29, 0.717) is 0 Å². The van der Waals surface area contributed by atoms with E-state index in [1.165, 1.54) is 5.69 Å². The smallest absolute Gasteiger partial charge is 0.198 e. The predicted octanol–water partition coefficient (Wildman–Crippen LogP) is 1.74. The van der Waals surface area contributed by atoms with Gasteiger partial charge in [-0.05, 0) is 12.1 Å². The maximum atomic E-state index is 4.33. The zero-order valence-corrected chi connectivity index (χ0v) is 12.7. The van der Waals surface area contributed by atoms with Gasteiger partial charge in [-0.25, -0.2) is 15.0 Å². The third kappa shape index (κ3) is 2.80. The maximum absolute atomic E-state index is 4.33. The van der Waals surface area contributed by atoms with Gasteiger partial charge in [-0.1, -0.05) is 12.1 Å². The summed E-state index contributed by atoms with van der Waals surface area (Å²) in [6.45, 7) is 4.15. The zero-order chi connectivity index (χ0) is 15.5. The van der Waals surface area contributed by atoms with E-state index < -0.39 is 0 Å². The van der Waals surface area contributed by atoms with Crippen LogP contribution in [0.3, 0.4) is 0 Å². The lowest BCUT2D eigenvalue weighted by Crippen LogP contribution is -2.43. The number of benzene rings is 1. The lowest BCUT2D eigenvalue weighted by Gasteiger charge is -2.29. The summed E-state index contributed by atoms with van der Waals surface area (Å²) in [7, 11) is 0. The van der Waals surface area contributed by atoms with Crippen molar-refractivity contribution in [3.8, 4) is 22.6 Å². The van der Waals surface area contributed by atoms with Crippen LogP contribution >= 0.6 is 0 Å². The van der Waals surface area contributed by atoms with E-state index in [9.17, 15) is 0 Å². The highest BCUT2D eigenvalue weighted by Gasteiger charge is 2.13. The standard InChI is InChI=1S/C17H17N6/c1-3-14(23-9-7-18-8-10-23)4-2-13(1)16-15(11-19-12-22-16)17-20-5-6-21-17/h1-6,11,18H,7-10H2,(H,20,21). The molecule has 6 heteroatoms. The number of hydrogen-bond acceptors (Lipinski definition) is 5. The van der Waals surface area contributed by atoms with Crippen LogP contribution < -0.4 is 10.2 Å². The van der Waals surface area contributed by atoms with Gasteiger partial charge < -0.3 is 15.2 Å². The zero-order valence-electron chi connectivity index (χ0n) is 12.7. The Bertz CT molecular complexity index is 760. The van der Waals surface area contributed by atoms with Gasteiger partial charge in [0.05, 0.1) is 11.3 Å². The van der Waals surface area contributed by atoms with Crippen molar-refractivity contribution in [2.45, 2.75) is 0 Å². The number of H-pyrrole nitrogens is 1. The molecule has 0 amide bonds. The van der Waals surface area contributed by atoms with E-state index in [2.05, 4.69) is 60.7 Å². The first-order valence-corrected chi connectivity index (χ1v) is 7.71. The summed E-state index contributed by atoms with van der Waals surface area (Å²) >= 11 is 0. The molecule has 0 spiro atoms. The van der Waals surface area contributed by atoms with Crippen molar-refractivity contribution < 1.29 is 0 Å². The molecule has 6 nitrogen and oxygen atoms in total. The quantitative estimate of drug-likeness (QED) is 0.771. The SMILES string of the molecule is [c]1ncc(-c2ncc[nH]2)c(-c2ccc(N3CCNCC3)cc2)n1. The summed E-state index contributed by atoms with van der Waals surface area (Å²) in [6, 6.07) is 8.49. The van der Waals surface area contributed by atoms with E-state index in [4.69, 9.17) is 0 Å². The molecule has 23 heavy (non-hydrogen) atoms. The summed E-state index contributed by atoms with van der Waals surface area (Å²) < 4.78 is 0. The van der Waals surface area contributed by atoms with Crippen LogP contribution in [-0.2, 0) is 0 Å². The predicted molar refractivity (Wildman–Crippen MR) is 89.0 cm³/mol. The van der Waals surface area contributed by atoms with Crippen LogP contribution in [0.4, 0.5) is 5.69 Å². The van der Waals surface area contributed by atoms with Crippen LogP contribution in [0.1, 0.15) is 0 Å². The van der Waals surface area contributed by atoms with Crippen molar-refractivity contribution >= 4 is 5.69 Å². The fraction of sp³-hybridized carbons (Fsp3) is 0.235. The van der Waals surface area contributed by atoms with Gasteiger partial charge in [0.15, 0.2) is 6.33 Å². The lowest BCUT2D eigenvalue weighted by atomic mass is 10.1. The number of aromatic nitrogens is 4. The lowest BCUT2D eigenvalue weighted by molar-refractivity contribution is 0.589. The molecule has 1 aliphatic heterocycles. The molecule has 1 aliphatic rings. The molecule has 0 aliphatic carbocycles. The van der Waals surface area contributed by atoms with Crippen LogP contribution in [0.25, 0.3) is 22.6 Å². The minimum absolute atomic E-state index is 0.764. The van der Waals surface area contributed by atoms with Gasteiger partial charge >= 0.3 is 0 Å². The third-order valence-corrected chi connectivity index (χ3v) is 4.04. The second-order valence-corrected chi connectivity index (χ2v) is 5.45. The monoisotopic (exact) mass is 305 g/mol. The number of anilines is 1. The number of hydrogen-bond donors (Lipinski definition) is 2. The molecule has 4 rings (SSSR count). The number of aromatic amines is 1. The van der Waals surface area contributed by atoms with Crippen molar-refractivity contribution in [2.75, 3.05) is 31.1 Å². The van der Waals surface area contributed by atoms with Gasteiger partial charge in [-0.15, -0.1) is 0 Å². The highest BCUT2D eigenvalue weighted by atomic mass is 15.2. The van der Waals surface area contributed by atoms with Gasteiger partial charge in [0.2, 0.25) is 0 Å². The number of nitrogens with zero attached hydrogens (tertiary/aromatic N) is 4. The van der Waals surface area contributed by atoms with Crippen molar-refractivity contribution in [1.82, 2.24) is 25.3 Å². The van der Waals surface area contributed by atoms with Gasteiger partial charge in [0.25, 0.3) is 0 Å². The summed E-state index contributed by atoms with van der Waals surface area (Å²) in [6.07, 6.45) is 7.94. The molecule has 1 radical (unpaired) electrons. The number of rotatable bonds is 3. The Morgan fingerprint density at radius 2 is 1.91 bits per heavy atom. The molecule has 1 saturated heterocycles. The summed E-state index contributed by atoms with van der Waals surface area (Å²) in [4.78, 5) is 18.1. The van der Waals surface area contributed by atoms with Crippen molar-refractivity contribution in [3.63, 3.8) is 0 Å². The third-order valence-electron chi connectivity index (χ3n) is 4.04. The molecular formula is C17H17N6. The van der Waals surface area contributed by atoms with Crippen LogP contribution in [0.15, 0.2) is 42.9 Å². The number of piperazine rings is 1. The summed E-state index contributed by atoms with van der Waals surface area (Å²) in [5.74, 6) is 0.764. The average Bonchev–Trinajstić information content (AvgIpc) is 3.17. The molecule has 0 saturated carbocycles. The molecule has 2 N–H and O–H groups in total. The molecule has 0 atom stereocenters. The van der Waals surface area contributed by atoms with Crippen LogP contribution in [0.2, 0.25) is 0 Å². The van der Waals surface area contributed by atoms with E-state index in [1.54, 1.807) is 18.6 Å². The average molecular weight is 305 g/mol. The van der Waals surface area contributed by atoms with Crippen LogP contribution in [0.5, 0.6) is 0 Å². The Morgan fingerprint density at radius 1 is 1.09 bits per heavy atom. The van der Waals surface area contributed by atoms with E-state index >= 15 is 0 Å². The minimum Gasteiger partial charge on any atom is -0.369 e. The topological polar surface area (TPSA) is 69.7 Å². The molecule has 0 bridgehead atoms. The number of imidazole rings is 1. The molecular weight excluding hydrogens is 288 g/mol. The first-order chi connectivity index (χ1) is 11.4. The molecule has 1 fully saturated rings. The second kappa shape index (κ2) is 6.18. The maximum Gasteiger partial charge on any atom is 0.198 e. The fourth-order valence-corrected chi connectivity index (χ4v) is 2.85. The van der Waals surface area contributed by atoms with E-state index in [0.717, 1.165) is 48.8 Å². The van der Waals surface area contributed by atoms with Gasteiger partial charge in [0, 0.05) is 56.0 Å². The molecule has 115 valence electrons. The van der Waals surface area contributed by atoms with Gasteiger partial charge in [-0.2, -0.15) is 0 Å². The highest BCUT2D eigenvalue weighted by Crippen LogP contribution is 2.28. The molecule has 0 unspecified atom stereocenters. The fourth-order valence-electron chi connectivity index (χ4n) is 2.85. The normalized spacial score (nSPS) is 14.9. The Balaban J connectivity index is 1.66. The second-order valence-electron chi connectivity index (χ2n) is 5.45. The molecule has 3 heterocycles. The molecule has 2 aromatic heterocycles. The first kappa shape index (κ1) is 13.9. The Kier molecular flexibility index (Phi) is 3.73. The van der Waals surface area contributed by atoms with Crippen molar-refractivity contribution in [1.29, 1.82) is 0 Å². The largest absolute Gasteiger partial charge is 0.369 e. The molecule has 1 aromatic carbocycles. The Morgan fingerprint density at radius 3 is 2.65 bits per heavy atom. The summed E-state index contributed by atoms with van der Waals surface area (Å²) in [5.41, 5.74) is 3.99. The van der Waals surface area contributed by atoms with Crippen molar-refractivity contribution in [3.05, 3.63) is 49.2 Å². The van der Waals surface area contributed by atoms with E-state index in [1.807, 2.05) is 0 Å². The minimum atomic E-state index is 0.764.